The van der Waals surface area contributed by atoms with Gasteiger partial charge in [0.25, 0.3) is 5.91 Å². The average Bonchev–Trinajstić information content (AvgIpc) is 2.99. The highest BCUT2D eigenvalue weighted by atomic mass is 35.5. The second kappa shape index (κ2) is 7.53. The third-order valence-electron chi connectivity index (χ3n) is 3.16. The molecule has 1 aromatic carbocycles. The SMILES string of the molecule is O=C(NCCNc1nc(Cl)nc2ccsc12)c1ccc(Cl)cc1Cl. The molecule has 0 bridgehead atoms. The molecule has 0 saturated carbocycles. The van der Waals surface area contributed by atoms with Crippen LogP contribution in [0, 0.1) is 0 Å². The van der Waals surface area contributed by atoms with Gasteiger partial charge in [-0.05, 0) is 41.2 Å². The van der Waals surface area contributed by atoms with Gasteiger partial charge in [-0.1, -0.05) is 23.2 Å². The van der Waals surface area contributed by atoms with Crippen LogP contribution in [-0.2, 0) is 0 Å². The fourth-order valence-electron chi connectivity index (χ4n) is 2.08. The topological polar surface area (TPSA) is 66.9 Å². The van der Waals surface area contributed by atoms with Crippen LogP contribution in [0.15, 0.2) is 29.6 Å². The maximum atomic E-state index is 12.1. The van der Waals surface area contributed by atoms with Crippen molar-refractivity contribution in [2.45, 2.75) is 0 Å². The van der Waals surface area contributed by atoms with Crippen molar-refractivity contribution >= 4 is 68.1 Å². The lowest BCUT2D eigenvalue weighted by atomic mass is 10.2. The predicted octanol–water partition coefficient (Wildman–Crippen LogP) is 4.49. The molecule has 0 fully saturated rings. The van der Waals surface area contributed by atoms with Crippen LogP contribution >= 0.6 is 46.1 Å². The lowest BCUT2D eigenvalue weighted by Crippen LogP contribution is -2.29. The van der Waals surface area contributed by atoms with Gasteiger partial charge in [0.15, 0.2) is 0 Å². The number of rotatable bonds is 5. The van der Waals surface area contributed by atoms with E-state index in [1.165, 1.54) is 17.4 Å². The van der Waals surface area contributed by atoms with Gasteiger partial charge in [0.05, 0.1) is 20.8 Å². The smallest absolute Gasteiger partial charge is 0.252 e. The van der Waals surface area contributed by atoms with Crippen molar-refractivity contribution in [3.05, 3.63) is 50.5 Å². The maximum absolute atomic E-state index is 12.1. The summed E-state index contributed by atoms with van der Waals surface area (Å²) in [5.41, 5.74) is 1.17. The van der Waals surface area contributed by atoms with Crippen molar-refractivity contribution in [1.82, 2.24) is 15.3 Å². The molecule has 2 heterocycles. The number of halogens is 3. The van der Waals surface area contributed by atoms with Gasteiger partial charge in [0.2, 0.25) is 5.28 Å². The molecule has 0 saturated heterocycles. The minimum atomic E-state index is -0.263. The van der Waals surface area contributed by atoms with E-state index in [4.69, 9.17) is 34.8 Å². The quantitative estimate of drug-likeness (QED) is 0.488. The molecule has 0 unspecified atom stereocenters. The van der Waals surface area contributed by atoms with Gasteiger partial charge in [-0.3, -0.25) is 4.79 Å². The maximum Gasteiger partial charge on any atom is 0.252 e. The van der Waals surface area contributed by atoms with Crippen molar-refractivity contribution in [3.63, 3.8) is 0 Å². The molecular formula is C15H11Cl3N4OS. The van der Waals surface area contributed by atoms with Gasteiger partial charge in [-0.2, -0.15) is 4.98 Å². The van der Waals surface area contributed by atoms with Crippen molar-refractivity contribution in [2.75, 3.05) is 18.4 Å². The number of hydrogen-bond acceptors (Lipinski definition) is 5. The fourth-order valence-corrected chi connectivity index (χ4v) is 3.55. The van der Waals surface area contributed by atoms with E-state index in [2.05, 4.69) is 20.6 Å². The molecule has 0 aliphatic rings. The largest absolute Gasteiger partial charge is 0.367 e. The van der Waals surface area contributed by atoms with Gasteiger partial charge in [-0.15, -0.1) is 11.3 Å². The van der Waals surface area contributed by atoms with E-state index in [-0.39, 0.29) is 11.2 Å². The molecule has 0 atom stereocenters. The van der Waals surface area contributed by atoms with Gasteiger partial charge in [-0.25, -0.2) is 4.98 Å². The highest BCUT2D eigenvalue weighted by Gasteiger charge is 2.11. The summed E-state index contributed by atoms with van der Waals surface area (Å²) in [6.45, 7) is 0.879. The predicted molar refractivity (Wildman–Crippen MR) is 99.7 cm³/mol. The van der Waals surface area contributed by atoms with E-state index in [0.717, 1.165) is 10.2 Å². The van der Waals surface area contributed by atoms with E-state index >= 15 is 0 Å². The highest BCUT2D eigenvalue weighted by molar-refractivity contribution is 7.17. The number of anilines is 1. The standard InChI is InChI=1S/C15H11Cl3N4OS/c16-8-1-2-9(10(17)7-8)14(23)20-5-4-19-13-12-11(3-6-24-12)21-15(18)22-13/h1-3,6-7H,4-5H2,(H,20,23)(H,19,21,22). The second-order valence-electron chi connectivity index (χ2n) is 4.78. The summed E-state index contributed by atoms with van der Waals surface area (Å²) in [5.74, 6) is 0.388. The first kappa shape index (κ1) is 17.2. The number of carbonyl (C=O) groups is 1. The Kier molecular flexibility index (Phi) is 5.40. The van der Waals surface area contributed by atoms with Crippen LogP contribution in [-0.4, -0.2) is 29.0 Å². The zero-order chi connectivity index (χ0) is 17.1. The summed E-state index contributed by atoms with van der Waals surface area (Å²) in [7, 11) is 0. The first-order valence-electron chi connectivity index (χ1n) is 6.92. The van der Waals surface area contributed by atoms with Gasteiger partial charge >= 0.3 is 0 Å². The molecule has 0 radical (unpaired) electrons. The number of amides is 1. The molecule has 9 heteroatoms. The monoisotopic (exact) mass is 400 g/mol. The summed E-state index contributed by atoms with van der Waals surface area (Å²) in [6, 6.07) is 6.62. The van der Waals surface area contributed by atoms with Crippen LogP contribution < -0.4 is 10.6 Å². The molecule has 3 aromatic rings. The number of carbonyl (C=O) groups excluding carboxylic acids is 1. The normalized spacial score (nSPS) is 10.8. The number of aromatic nitrogens is 2. The van der Waals surface area contributed by atoms with E-state index in [1.54, 1.807) is 12.1 Å². The zero-order valence-corrected chi connectivity index (χ0v) is 15.2. The Morgan fingerprint density at radius 1 is 1.12 bits per heavy atom. The summed E-state index contributed by atoms with van der Waals surface area (Å²) in [5, 5.41) is 8.84. The summed E-state index contributed by atoms with van der Waals surface area (Å²) in [4.78, 5) is 20.4. The van der Waals surface area contributed by atoms with Gasteiger partial charge in [0, 0.05) is 18.1 Å². The Morgan fingerprint density at radius 3 is 2.75 bits per heavy atom. The van der Waals surface area contributed by atoms with Crippen LogP contribution in [0.25, 0.3) is 10.2 Å². The molecule has 2 N–H and O–H groups in total. The van der Waals surface area contributed by atoms with Crippen molar-refractivity contribution in [1.29, 1.82) is 0 Å². The van der Waals surface area contributed by atoms with Crippen LogP contribution in [0.4, 0.5) is 5.82 Å². The van der Waals surface area contributed by atoms with Crippen LogP contribution in [0.3, 0.4) is 0 Å². The fraction of sp³-hybridized carbons (Fsp3) is 0.133. The highest BCUT2D eigenvalue weighted by Crippen LogP contribution is 2.27. The van der Waals surface area contributed by atoms with E-state index in [9.17, 15) is 4.79 Å². The Bertz CT molecular complexity index is 900. The molecule has 0 aliphatic heterocycles. The zero-order valence-electron chi connectivity index (χ0n) is 12.1. The number of nitrogens with zero attached hydrogens (tertiary/aromatic N) is 2. The van der Waals surface area contributed by atoms with Crippen LogP contribution in [0.1, 0.15) is 10.4 Å². The molecule has 3 rings (SSSR count). The Hall–Kier alpha value is -1.60. The molecule has 124 valence electrons. The number of thiophene rings is 1. The molecule has 24 heavy (non-hydrogen) atoms. The minimum Gasteiger partial charge on any atom is -0.367 e. The molecule has 0 aliphatic carbocycles. The molecule has 1 amide bonds. The third kappa shape index (κ3) is 3.89. The van der Waals surface area contributed by atoms with Crippen LogP contribution in [0.5, 0.6) is 0 Å². The van der Waals surface area contributed by atoms with E-state index in [0.29, 0.717) is 34.5 Å². The van der Waals surface area contributed by atoms with Crippen molar-refractivity contribution < 1.29 is 4.79 Å². The number of hydrogen-bond donors (Lipinski definition) is 2. The first-order chi connectivity index (χ1) is 11.5. The van der Waals surface area contributed by atoms with Gasteiger partial charge in [0.1, 0.15) is 5.82 Å². The third-order valence-corrected chi connectivity index (χ3v) is 4.78. The van der Waals surface area contributed by atoms with Gasteiger partial charge < -0.3 is 10.6 Å². The first-order valence-corrected chi connectivity index (χ1v) is 8.94. The lowest BCUT2D eigenvalue weighted by molar-refractivity contribution is 0.0955. The minimum absolute atomic E-state index is 0.181. The number of benzene rings is 1. The van der Waals surface area contributed by atoms with E-state index in [1.807, 2.05) is 11.4 Å². The Morgan fingerprint density at radius 2 is 1.96 bits per heavy atom. The molecule has 0 spiro atoms. The lowest BCUT2D eigenvalue weighted by Gasteiger charge is -2.09. The van der Waals surface area contributed by atoms with E-state index < -0.39 is 0 Å². The summed E-state index contributed by atoms with van der Waals surface area (Å²) >= 11 is 19.3. The Balaban J connectivity index is 1.58. The second-order valence-corrected chi connectivity index (χ2v) is 6.88. The Labute approximate surface area is 157 Å². The van der Waals surface area contributed by atoms with Crippen molar-refractivity contribution in [2.24, 2.45) is 0 Å². The molecule has 2 aromatic heterocycles. The molecular weight excluding hydrogens is 391 g/mol. The van der Waals surface area contributed by atoms with Crippen LogP contribution in [0.2, 0.25) is 15.3 Å². The van der Waals surface area contributed by atoms with Crippen molar-refractivity contribution in [3.8, 4) is 0 Å². The number of nitrogens with one attached hydrogen (secondary N) is 2. The number of fused-ring (bicyclic) bond motifs is 1. The summed E-state index contributed by atoms with van der Waals surface area (Å²) in [6.07, 6.45) is 0. The summed E-state index contributed by atoms with van der Waals surface area (Å²) < 4.78 is 0.923. The average molecular weight is 402 g/mol. The molecule has 5 nitrogen and oxygen atoms in total.